The van der Waals surface area contributed by atoms with Crippen LogP contribution in [0.2, 0.25) is 0 Å². The largest absolute Gasteiger partial charge is 0.326 e. The fraction of sp³-hybridized carbons (Fsp3) is 0.318. The van der Waals surface area contributed by atoms with Crippen molar-refractivity contribution in [3.05, 3.63) is 54.1 Å². The van der Waals surface area contributed by atoms with Gasteiger partial charge in [0.15, 0.2) is 0 Å². The standard InChI is InChI=1S/C22H23N3O3/c1-15-12-17(9-10-19(15)24-11-5-8-20(24)26)23-22(28)16-13-21(27)25(14-16)18-6-3-2-4-7-18/h2-4,6-7,9-10,12,16H,5,8,11,13-14H2,1H3,(H,23,28). The number of amides is 3. The Kier molecular flexibility index (Phi) is 4.86. The molecule has 2 aromatic rings. The number of anilines is 3. The Bertz CT molecular complexity index is 926. The summed E-state index contributed by atoms with van der Waals surface area (Å²) in [4.78, 5) is 40.4. The van der Waals surface area contributed by atoms with E-state index in [1.54, 1.807) is 9.80 Å². The Morgan fingerprint density at radius 3 is 2.50 bits per heavy atom. The van der Waals surface area contributed by atoms with Gasteiger partial charge in [0.05, 0.1) is 5.92 Å². The first kappa shape index (κ1) is 18.2. The van der Waals surface area contributed by atoms with E-state index in [2.05, 4.69) is 5.32 Å². The Morgan fingerprint density at radius 1 is 1.04 bits per heavy atom. The molecule has 0 spiro atoms. The number of nitrogens with zero attached hydrogens (tertiary/aromatic N) is 2. The summed E-state index contributed by atoms with van der Waals surface area (Å²) in [5.74, 6) is -0.431. The lowest BCUT2D eigenvalue weighted by atomic mass is 10.1. The molecule has 0 aliphatic carbocycles. The lowest BCUT2D eigenvalue weighted by Gasteiger charge is -2.19. The van der Waals surface area contributed by atoms with E-state index in [1.807, 2.05) is 55.5 Å². The summed E-state index contributed by atoms with van der Waals surface area (Å²) in [7, 11) is 0. The second-order valence-corrected chi connectivity index (χ2v) is 7.38. The van der Waals surface area contributed by atoms with Gasteiger partial charge in [-0.25, -0.2) is 0 Å². The van der Waals surface area contributed by atoms with Crippen molar-refractivity contribution in [2.24, 2.45) is 5.92 Å². The van der Waals surface area contributed by atoms with Crippen LogP contribution in [0.15, 0.2) is 48.5 Å². The van der Waals surface area contributed by atoms with Crippen molar-refractivity contribution in [2.75, 3.05) is 28.2 Å². The van der Waals surface area contributed by atoms with E-state index in [1.165, 1.54) is 0 Å². The van der Waals surface area contributed by atoms with Crippen LogP contribution in [0.5, 0.6) is 0 Å². The summed E-state index contributed by atoms with van der Waals surface area (Å²) in [5.41, 5.74) is 3.34. The summed E-state index contributed by atoms with van der Waals surface area (Å²) in [6.07, 6.45) is 1.68. The minimum atomic E-state index is -0.382. The van der Waals surface area contributed by atoms with Crippen LogP contribution in [0.1, 0.15) is 24.8 Å². The summed E-state index contributed by atoms with van der Waals surface area (Å²) in [6, 6.07) is 15.0. The Balaban J connectivity index is 1.43. The van der Waals surface area contributed by atoms with Crippen LogP contribution >= 0.6 is 0 Å². The monoisotopic (exact) mass is 377 g/mol. The van der Waals surface area contributed by atoms with Crippen molar-refractivity contribution in [3.63, 3.8) is 0 Å². The first-order valence-electron chi connectivity index (χ1n) is 9.60. The van der Waals surface area contributed by atoms with Crippen LogP contribution in [-0.4, -0.2) is 30.8 Å². The van der Waals surface area contributed by atoms with E-state index in [0.717, 1.165) is 29.9 Å². The lowest BCUT2D eigenvalue weighted by molar-refractivity contribution is -0.122. The maximum Gasteiger partial charge on any atom is 0.229 e. The highest BCUT2D eigenvalue weighted by Gasteiger charge is 2.35. The number of nitrogens with one attached hydrogen (secondary N) is 1. The van der Waals surface area contributed by atoms with E-state index in [-0.39, 0.29) is 30.1 Å². The molecular formula is C22H23N3O3. The third kappa shape index (κ3) is 3.50. The highest BCUT2D eigenvalue weighted by molar-refractivity contribution is 6.03. The van der Waals surface area contributed by atoms with E-state index in [9.17, 15) is 14.4 Å². The molecule has 2 aliphatic rings. The number of benzene rings is 2. The van der Waals surface area contributed by atoms with Crippen LogP contribution in [0, 0.1) is 12.8 Å². The number of para-hydroxylation sites is 1. The minimum Gasteiger partial charge on any atom is -0.326 e. The van der Waals surface area contributed by atoms with Gasteiger partial charge in [0.25, 0.3) is 0 Å². The van der Waals surface area contributed by atoms with E-state index < -0.39 is 0 Å². The number of hydrogen-bond donors (Lipinski definition) is 1. The van der Waals surface area contributed by atoms with Gasteiger partial charge in [-0.05, 0) is 49.2 Å². The van der Waals surface area contributed by atoms with Crippen molar-refractivity contribution >= 4 is 34.8 Å². The number of aryl methyl sites for hydroxylation is 1. The fourth-order valence-corrected chi connectivity index (χ4v) is 3.92. The number of rotatable bonds is 4. The molecule has 0 aromatic heterocycles. The summed E-state index contributed by atoms with van der Waals surface area (Å²) in [6.45, 7) is 3.06. The highest BCUT2D eigenvalue weighted by Crippen LogP contribution is 2.29. The molecule has 2 aromatic carbocycles. The van der Waals surface area contributed by atoms with Gasteiger partial charge < -0.3 is 15.1 Å². The molecule has 6 heteroatoms. The molecule has 1 atom stereocenters. The molecule has 0 saturated carbocycles. The lowest BCUT2D eigenvalue weighted by Crippen LogP contribution is -2.28. The van der Waals surface area contributed by atoms with Crippen LogP contribution in [0.3, 0.4) is 0 Å². The Hall–Kier alpha value is -3.15. The van der Waals surface area contributed by atoms with Crippen molar-refractivity contribution in [3.8, 4) is 0 Å². The fourth-order valence-electron chi connectivity index (χ4n) is 3.92. The first-order valence-corrected chi connectivity index (χ1v) is 9.60. The number of carbonyl (C=O) groups is 3. The van der Waals surface area contributed by atoms with Gasteiger partial charge in [0.1, 0.15) is 0 Å². The van der Waals surface area contributed by atoms with Gasteiger partial charge in [-0.15, -0.1) is 0 Å². The molecular weight excluding hydrogens is 354 g/mol. The molecule has 144 valence electrons. The summed E-state index contributed by atoms with van der Waals surface area (Å²) < 4.78 is 0. The zero-order chi connectivity index (χ0) is 19.7. The third-order valence-electron chi connectivity index (χ3n) is 5.39. The molecule has 0 radical (unpaired) electrons. The van der Waals surface area contributed by atoms with Crippen molar-refractivity contribution in [1.82, 2.24) is 0 Å². The van der Waals surface area contributed by atoms with E-state index in [0.29, 0.717) is 18.7 Å². The molecule has 2 saturated heterocycles. The van der Waals surface area contributed by atoms with Gasteiger partial charge in [-0.2, -0.15) is 0 Å². The molecule has 1 unspecified atom stereocenters. The third-order valence-corrected chi connectivity index (χ3v) is 5.39. The topological polar surface area (TPSA) is 69.7 Å². The molecule has 1 N–H and O–H groups in total. The molecule has 28 heavy (non-hydrogen) atoms. The van der Waals surface area contributed by atoms with Gasteiger partial charge in [-0.1, -0.05) is 18.2 Å². The molecule has 3 amide bonds. The first-order chi connectivity index (χ1) is 13.5. The molecule has 2 fully saturated rings. The minimum absolute atomic E-state index is 0.0366. The van der Waals surface area contributed by atoms with Gasteiger partial charge >= 0.3 is 0 Å². The highest BCUT2D eigenvalue weighted by atomic mass is 16.2. The van der Waals surface area contributed by atoms with Crippen LogP contribution in [-0.2, 0) is 14.4 Å². The number of carbonyl (C=O) groups excluding carboxylic acids is 3. The van der Waals surface area contributed by atoms with Gasteiger partial charge in [0, 0.05) is 43.0 Å². The van der Waals surface area contributed by atoms with Gasteiger partial charge in [0.2, 0.25) is 17.7 Å². The van der Waals surface area contributed by atoms with E-state index in [4.69, 9.17) is 0 Å². The SMILES string of the molecule is Cc1cc(NC(=O)C2CC(=O)N(c3ccccc3)C2)ccc1N1CCCC1=O. The summed E-state index contributed by atoms with van der Waals surface area (Å²) >= 11 is 0. The maximum absolute atomic E-state index is 12.7. The van der Waals surface area contributed by atoms with Gasteiger partial charge in [-0.3, -0.25) is 14.4 Å². The van der Waals surface area contributed by atoms with E-state index >= 15 is 0 Å². The summed E-state index contributed by atoms with van der Waals surface area (Å²) in [5, 5.41) is 2.93. The molecule has 2 aliphatic heterocycles. The Labute approximate surface area is 164 Å². The molecule has 4 rings (SSSR count). The second kappa shape index (κ2) is 7.46. The number of hydrogen-bond acceptors (Lipinski definition) is 3. The average Bonchev–Trinajstić information content (AvgIpc) is 3.28. The Morgan fingerprint density at radius 2 is 1.82 bits per heavy atom. The van der Waals surface area contributed by atoms with Crippen LogP contribution in [0.4, 0.5) is 17.1 Å². The van der Waals surface area contributed by atoms with Crippen LogP contribution in [0.25, 0.3) is 0 Å². The molecule has 2 heterocycles. The quantitative estimate of drug-likeness (QED) is 0.890. The predicted octanol–water partition coefficient (Wildman–Crippen LogP) is 3.11. The second-order valence-electron chi connectivity index (χ2n) is 7.38. The predicted molar refractivity (Wildman–Crippen MR) is 108 cm³/mol. The zero-order valence-corrected chi connectivity index (χ0v) is 15.9. The van der Waals surface area contributed by atoms with Crippen LogP contribution < -0.4 is 15.1 Å². The van der Waals surface area contributed by atoms with Crippen molar-refractivity contribution in [1.29, 1.82) is 0 Å². The normalized spacial score (nSPS) is 19.4. The zero-order valence-electron chi connectivity index (χ0n) is 15.9. The van der Waals surface area contributed by atoms with Crippen molar-refractivity contribution < 1.29 is 14.4 Å². The maximum atomic E-state index is 12.7. The average molecular weight is 377 g/mol. The molecule has 0 bridgehead atoms. The smallest absolute Gasteiger partial charge is 0.229 e. The van der Waals surface area contributed by atoms with Crippen molar-refractivity contribution in [2.45, 2.75) is 26.2 Å². The molecule has 6 nitrogen and oxygen atoms in total.